The van der Waals surface area contributed by atoms with Gasteiger partial charge < -0.3 is 4.90 Å². The van der Waals surface area contributed by atoms with E-state index < -0.39 is 0 Å². The molecule has 1 fully saturated rings. The van der Waals surface area contributed by atoms with Crippen molar-refractivity contribution in [3.05, 3.63) is 35.4 Å². The third-order valence-electron chi connectivity index (χ3n) is 4.06. The van der Waals surface area contributed by atoms with Gasteiger partial charge in [-0.1, -0.05) is 48.8 Å². The van der Waals surface area contributed by atoms with Crippen molar-refractivity contribution in [3.63, 3.8) is 0 Å². The van der Waals surface area contributed by atoms with Gasteiger partial charge in [-0.2, -0.15) is 0 Å². The smallest absolute Gasteiger partial charge is 0.253 e. The van der Waals surface area contributed by atoms with E-state index in [1.54, 1.807) is 0 Å². The predicted octanol–water partition coefficient (Wildman–Crippen LogP) is 4.09. The summed E-state index contributed by atoms with van der Waals surface area (Å²) < 4.78 is 0. The Balaban J connectivity index is 2.04. The van der Waals surface area contributed by atoms with E-state index in [4.69, 9.17) is 0 Å². The summed E-state index contributed by atoms with van der Waals surface area (Å²) in [5.41, 5.74) is 2.29. The number of carbonyl (C=O) groups is 1. The summed E-state index contributed by atoms with van der Waals surface area (Å²) in [7, 11) is 0. The molecule has 0 N–H and O–H groups in total. The Kier molecular flexibility index (Phi) is 4.34. The van der Waals surface area contributed by atoms with E-state index in [0.717, 1.165) is 30.4 Å². The minimum absolute atomic E-state index is 0.174. The molecule has 0 bridgehead atoms. The zero-order valence-electron chi connectivity index (χ0n) is 11.9. The Morgan fingerprint density at radius 1 is 1.32 bits per heavy atom. The maximum Gasteiger partial charge on any atom is 0.253 e. The van der Waals surface area contributed by atoms with Crippen LogP contribution in [-0.2, 0) is 5.33 Å². The molecule has 0 aromatic heterocycles. The third-order valence-corrected chi connectivity index (χ3v) is 4.70. The van der Waals surface area contributed by atoms with Crippen LogP contribution in [0, 0.1) is 11.3 Å². The summed E-state index contributed by atoms with van der Waals surface area (Å²) in [6.45, 7) is 8.56. The number of nitrogens with zero attached hydrogens (tertiary/aromatic N) is 1. The molecular formula is C16H22BrNO. The van der Waals surface area contributed by atoms with Crippen molar-refractivity contribution in [1.29, 1.82) is 0 Å². The number of halogens is 1. The zero-order valence-corrected chi connectivity index (χ0v) is 13.5. The first-order valence-corrected chi connectivity index (χ1v) is 7.98. The molecule has 1 aromatic rings. The van der Waals surface area contributed by atoms with E-state index in [-0.39, 0.29) is 11.3 Å². The van der Waals surface area contributed by atoms with E-state index in [9.17, 15) is 4.79 Å². The van der Waals surface area contributed by atoms with Crippen molar-refractivity contribution in [3.8, 4) is 0 Å². The van der Waals surface area contributed by atoms with Crippen LogP contribution in [0.1, 0.15) is 43.1 Å². The van der Waals surface area contributed by atoms with Crippen molar-refractivity contribution in [2.45, 2.75) is 32.5 Å². The van der Waals surface area contributed by atoms with Crippen LogP contribution in [0.5, 0.6) is 0 Å². The highest BCUT2D eigenvalue weighted by molar-refractivity contribution is 9.08. The SMILES string of the molecule is CC(C)(C)C1CCN(C(=O)c2ccc(CBr)cc2)C1. The summed E-state index contributed by atoms with van der Waals surface area (Å²) >= 11 is 3.42. The predicted molar refractivity (Wildman–Crippen MR) is 82.5 cm³/mol. The van der Waals surface area contributed by atoms with E-state index in [0.29, 0.717) is 5.92 Å². The first-order chi connectivity index (χ1) is 8.91. The summed E-state index contributed by atoms with van der Waals surface area (Å²) in [4.78, 5) is 14.4. The molecule has 1 saturated heterocycles. The number of rotatable bonds is 2. The number of likely N-dealkylation sites (tertiary alicyclic amines) is 1. The molecule has 1 heterocycles. The van der Waals surface area contributed by atoms with Crippen LogP contribution in [0.2, 0.25) is 0 Å². The minimum Gasteiger partial charge on any atom is -0.338 e. The second-order valence-electron chi connectivity index (χ2n) is 6.43. The van der Waals surface area contributed by atoms with Crippen LogP contribution in [0.3, 0.4) is 0 Å². The monoisotopic (exact) mass is 323 g/mol. The molecule has 0 spiro atoms. The van der Waals surface area contributed by atoms with E-state index in [1.807, 2.05) is 29.2 Å². The molecule has 1 amide bonds. The number of hydrogen-bond acceptors (Lipinski definition) is 1. The van der Waals surface area contributed by atoms with Crippen LogP contribution in [-0.4, -0.2) is 23.9 Å². The number of amides is 1. The van der Waals surface area contributed by atoms with Gasteiger partial charge in [0.1, 0.15) is 0 Å². The summed E-state index contributed by atoms with van der Waals surface area (Å²) in [6, 6.07) is 7.89. The largest absolute Gasteiger partial charge is 0.338 e. The van der Waals surface area contributed by atoms with Gasteiger partial charge in [-0.15, -0.1) is 0 Å². The summed E-state index contributed by atoms with van der Waals surface area (Å²) in [5.74, 6) is 0.783. The van der Waals surface area contributed by atoms with Gasteiger partial charge in [0, 0.05) is 24.0 Å². The normalized spacial score (nSPS) is 19.8. The molecule has 2 nitrogen and oxygen atoms in total. The van der Waals surface area contributed by atoms with Crippen molar-refractivity contribution < 1.29 is 4.79 Å². The summed E-state index contributed by atoms with van der Waals surface area (Å²) in [5, 5.41) is 0.831. The Bertz CT molecular complexity index is 447. The molecule has 2 rings (SSSR count). The molecule has 0 aliphatic carbocycles. The van der Waals surface area contributed by atoms with Crippen molar-refractivity contribution in [2.24, 2.45) is 11.3 Å². The second-order valence-corrected chi connectivity index (χ2v) is 6.99. The molecule has 104 valence electrons. The molecular weight excluding hydrogens is 302 g/mol. The lowest BCUT2D eigenvalue weighted by Crippen LogP contribution is -2.31. The fourth-order valence-electron chi connectivity index (χ4n) is 2.57. The maximum atomic E-state index is 12.4. The van der Waals surface area contributed by atoms with Crippen LogP contribution < -0.4 is 0 Å². The van der Waals surface area contributed by atoms with Crippen LogP contribution >= 0.6 is 15.9 Å². The van der Waals surface area contributed by atoms with Gasteiger partial charge in [0.05, 0.1) is 0 Å². The van der Waals surface area contributed by atoms with Gasteiger partial charge in [0.2, 0.25) is 0 Å². The molecule has 1 aliphatic rings. The van der Waals surface area contributed by atoms with Crippen LogP contribution in [0.4, 0.5) is 0 Å². The molecule has 1 unspecified atom stereocenters. The van der Waals surface area contributed by atoms with Gasteiger partial charge >= 0.3 is 0 Å². The average Bonchev–Trinajstić information content (AvgIpc) is 2.87. The third kappa shape index (κ3) is 3.38. The standard InChI is InChI=1S/C16H22BrNO/c1-16(2,3)14-8-9-18(11-14)15(19)13-6-4-12(10-17)5-7-13/h4-7,14H,8-11H2,1-3H3. The van der Waals surface area contributed by atoms with Gasteiger partial charge in [0.15, 0.2) is 0 Å². The Morgan fingerprint density at radius 3 is 2.42 bits per heavy atom. The zero-order chi connectivity index (χ0) is 14.0. The number of hydrogen-bond donors (Lipinski definition) is 0. The van der Waals surface area contributed by atoms with Crippen molar-refractivity contribution in [2.75, 3.05) is 13.1 Å². The van der Waals surface area contributed by atoms with Gasteiger partial charge in [-0.05, 0) is 35.4 Å². The first kappa shape index (κ1) is 14.6. The van der Waals surface area contributed by atoms with Gasteiger partial charge in [0.25, 0.3) is 5.91 Å². The van der Waals surface area contributed by atoms with E-state index in [1.165, 1.54) is 5.56 Å². The number of benzene rings is 1. The molecule has 0 radical (unpaired) electrons. The summed E-state index contributed by atoms with van der Waals surface area (Å²) in [6.07, 6.45) is 1.12. The van der Waals surface area contributed by atoms with E-state index >= 15 is 0 Å². The molecule has 0 saturated carbocycles. The number of alkyl halides is 1. The lowest BCUT2D eigenvalue weighted by molar-refractivity contribution is 0.0776. The Labute approximate surface area is 124 Å². The lowest BCUT2D eigenvalue weighted by Gasteiger charge is -2.27. The Morgan fingerprint density at radius 2 is 1.95 bits per heavy atom. The van der Waals surface area contributed by atoms with Crippen LogP contribution in [0.15, 0.2) is 24.3 Å². The topological polar surface area (TPSA) is 20.3 Å². The quantitative estimate of drug-likeness (QED) is 0.751. The van der Waals surface area contributed by atoms with Crippen molar-refractivity contribution in [1.82, 2.24) is 4.90 Å². The second kappa shape index (κ2) is 5.66. The molecule has 1 aromatic carbocycles. The maximum absolute atomic E-state index is 12.4. The molecule has 19 heavy (non-hydrogen) atoms. The molecule has 1 atom stereocenters. The highest BCUT2D eigenvalue weighted by atomic mass is 79.9. The van der Waals surface area contributed by atoms with Gasteiger partial charge in [-0.25, -0.2) is 0 Å². The Hall–Kier alpha value is -0.830. The molecule has 1 aliphatic heterocycles. The average molecular weight is 324 g/mol. The fourth-order valence-corrected chi connectivity index (χ4v) is 2.94. The molecule has 3 heteroatoms. The number of carbonyl (C=O) groups excluding carboxylic acids is 1. The van der Waals surface area contributed by atoms with Crippen LogP contribution in [0.25, 0.3) is 0 Å². The van der Waals surface area contributed by atoms with Crippen molar-refractivity contribution >= 4 is 21.8 Å². The van der Waals surface area contributed by atoms with E-state index in [2.05, 4.69) is 36.7 Å². The van der Waals surface area contributed by atoms with Gasteiger partial charge in [-0.3, -0.25) is 4.79 Å². The lowest BCUT2D eigenvalue weighted by atomic mass is 9.80. The minimum atomic E-state index is 0.174. The first-order valence-electron chi connectivity index (χ1n) is 6.86. The highest BCUT2D eigenvalue weighted by Crippen LogP contribution is 2.34. The highest BCUT2D eigenvalue weighted by Gasteiger charge is 2.33. The fraction of sp³-hybridized carbons (Fsp3) is 0.562.